The number of benzene rings is 1. The van der Waals surface area contributed by atoms with Crippen molar-refractivity contribution in [3.63, 3.8) is 0 Å². The van der Waals surface area contributed by atoms with Crippen molar-refractivity contribution in [3.05, 3.63) is 30.1 Å². The highest BCUT2D eigenvalue weighted by Crippen LogP contribution is 2.23. The first-order chi connectivity index (χ1) is 8.22. The van der Waals surface area contributed by atoms with Crippen LogP contribution in [0.15, 0.2) is 24.3 Å². The molecule has 2 nitrogen and oxygen atoms in total. The first-order valence-corrected chi connectivity index (χ1v) is 6.47. The number of anilines is 1. The van der Waals surface area contributed by atoms with Gasteiger partial charge >= 0.3 is 0 Å². The quantitative estimate of drug-likeness (QED) is 0.868. The number of rotatable bonds is 3. The van der Waals surface area contributed by atoms with Crippen molar-refractivity contribution in [2.24, 2.45) is 0 Å². The van der Waals surface area contributed by atoms with Crippen LogP contribution in [0.4, 0.5) is 10.1 Å². The van der Waals surface area contributed by atoms with Crippen molar-refractivity contribution in [2.45, 2.75) is 38.8 Å². The minimum Gasteiger partial charge on any atom is -0.364 e. The molecular formula is C14H21FN2. The summed E-state index contributed by atoms with van der Waals surface area (Å²) in [6.07, 6.45) is 2.31. The summed E-state index contributed by atoms with van der Waals surface area (Å²) in [6, 6.07) is 7.90. The maximum absolute atomic E-state index is 13.8. The smallest absolute Gasteiger partial charge is 0.146 e. The average molecular weight is 236 g/mol. The van der Waals surface area contributed by atoms with Gasteiger partial charge in [0.15, 0.2) is 0 Å². The Labute approximate surface area is 103 Å². The summed E-state index contributed by atoms with van der Waals surface area (Å²) in [5, 5.41) is 3.52. The van der Waals surface area contributed by atoms with Crippen LogP contribution >= 0.6 is 0 Å². The molecule has 2 unspecified atom stereocenters. The molecule has 2 atom stereocenters. The van der Waals surface area contributed by atoms with Crippen LogP contribution in [0, 0.1) is 5.82 Å². The molecule has 1 N–H and O–H groups in total. The maximum Gasteiger partial charge on any atom is 0.146 e. The van der Waals surface area contributed by atoms with E-state index in [4.69, 9.17) is 0 Å². The van der Waals surface area contributed by atoms with Crippen molar-refractivity contribution in [1.29, 1.82) is 0 Å². The molecule has 1 aromatic carbocycles. The number of hydrogen-bond acceptors (Lipinski definition) is 2. The van der Waals surface area contributed by atoms with E-state index in [0.29, 0.717) is 12.1 Å². The van der Waals surface area contributed by atoms with E-state index in [2.05, 4.69) is 24.1 Å². The summed E-state index contributed by atoms with van der Waals surface area (Å²) >= 11 is 0. The number of halogens is 1. The fourth-order valence-electron chi connectivity index (χ4n) is 2.49. The summed E-state index contributed by atoms with van der Waals surface area (Å²) < 4.78 is 13.8. The largest absolute Gasteiger partial charge is 0.364 e. The van der Waals surface area contributed by atoms with Crippen LogP contribution in [0.2, 0.25) is 0 Å². The van der Waals surface area contributed by atoms with E-state index in [1.807, 2.05) is 12.1 Å². The summed E-state index contributed by atoms with van der Waals surface area (Å²) in [7, 11) is 0. The third kappa shape index (κ3) is 2.78. The Morgan fingerprint density at radius 2 is 2.18 bits per heavy atom. The lowest BCUT2D eigenvalue weighted by Crippen LogP contribution is -2.55. The van der Waals surface area contributed by atoms with Gasteiger partial charge in [-0.1, -0.05) is 25.5 Å². The molecule has 0 amide bonds. The second-order valence-corrected chi connectivity index (χ2v) is 4.85. The lowest BCUT2D eigenvalue weighted by atomic mass is 10.0. The van der Waals surface area contributed by atoms with Gasteiger partial charge in [-0.05, 0) is 25.5 Å². The second kappa shape index (κ2) is 5.50. The van der Waals surface area contributed by atoms with Crippen LogP contribution in [0.1, 0.15) is 26.7 Å². The number of nitrogens with zero attached hydrogens (tertiary/aromatic N) is 1. The van der Waals surface area contributed by atoms with E-state index in [0.717, 1.165) is 31.6 Å². The minimum absolute atomic E-state index is 0.114. The van der Waals surface area contributed by atoms with E-state index in [-0.39, 0.29) is 5.82 Å². The van der Waals surface area contributed by atoms with E-state index < -0.39 is 0 Å². The molecule has 0 radical (unpaired) electrons. The molecular weight excluding hydrogens is 215 g/mol. The van der Waals surface area contributed by atoms with E-state index in [9.17, 15) is 4.39 Å². The highest BCUT2D eigenvalue weighted by atomic mass is 19.1. The SMILES string of the molecule is CCCC1CN(c2ccccc2F)C(C)CN1. The monoisotopic (exact) mass is 236 g/mol. The van der Waals surface area contributed by atoms with Gasteiger partial charge < -0.3 is 10.2 Å². The third-order valence-electron chi connectivity index (χ3n) is 3.45. The van der Waals surface area contributed by atoms with E-state index in [1.165, 1.54) is 0 Å². The zero-order valence-electron chi connectivity index (χ0n) is 10.6. The molecule has 94 valence electrons. The summed E-state index contributed by atoms with van der Waals surface area (Å²) in [6.45, 7) is 6.16. The van der Waals surface area contributed by atoms with Crippen LogP contribution < -0.4 is 10.2 Å². The fourth-order valence-corrected chi connectivity index (χ4v) is 2.49. The lowest BCUT2D eigenvalue weighted by Gasteiger charge is -2.40. The third-order valence-corrected chi connectivity index (χ3v) is 3.45. The van der Waals surface area contributed by atoms with Gasteiger partial charge in [0, 0.05) is 25.2 Å². The number of para-hydroxylation sites is 1. The summed E-state index contributed by atoms with van der Waals surface area (Å²) in [5.74, 6) is -0.114. The van der Waals surface area contributed by atoms with Crippen molar-refractivity contribution in [3.8, 4) is 0 Å². The lowest BCUT2D eigenvalue weighted by molar-refractivity contribution is 0.383. The second-order valence-electron chi connectivity index (χ2n) is 4.85. The van der Waals surface area contributed by atoms with Crippen LogP contribution in [-0.4, -0.2) is 25.2 Å². The van der Waals surface area contributed by atoms with E-state index >= 15 is 0 Å². The average Bonchev–Trinajstić information content (AvgIpc) is 2.33. The topological polar surface area (TPSA) is 15.3 Å². The molecule has 0 aromatic heterocycles. The molecule has 0 aliphatic carbocycles. The Morgan fingerprint density at radius 3 is 2.88 bits per heavy atom. The minimum atomic E-state index is -0.114. The predicted molar refractivity (Wildman–Crippen MR) is 69.9 cm³/mol. The van der Waals surface area contributed by atoms with E-state index in [1.54, 1.807) is 12.1 Å². The molecule has 1 saturated heterocycles. The molecule has 1 aliphatic heterocycles. The molecule has 0 bridgehead atoms. The number of nitrogens with one attached hydrogen (secondary N) is 1. The highest BCUT2D eigenvalue weighted by Gasteiger charge is 2.25. The molecule has 3 heteroatoms. The maximum atomic E-state index is 13.8. The fraction of sp³-hybridized carbons (Fsp3) is 0.571. The van der Waals surface area contributed by atoms with Crippen LogP contribution in [-0.2, 0) is 0 Å². The van der Waals surface area contributed by atoms with Crippen molar-refractivity contribution < 1.29 is 4.39 Å². The Bertz CT molecular complexity index is 367. The normalized spacial score (nSPS) is 25.0. The molecule has 1 aromatic rings. The number of hydrogen-bond donors (Lipinski definition) is 1. The first-order valence-electron chi connectivity index (χ1n) is 6.47. The van der Waals surface area contributed by atoms with Gasteiger partial charge in [-0.25, -0.2) is 4.39 Å². The van der Waals surface area contributed by atoms with Gasteiger partial charge in [0.1, 0.15) is 5.82 Å². The number of piperazine rings is 1. The van der Waals surface area contributed by atoms with Crippen LogP contribution in [0.5, 0.6) is 0 Å². The Balaban J connectivity index is 2.15. The van der Waals surface area contributed by atoms with Crippen molar-refractivity contribution in [1.82, 2.24) is 5.32 Å². The zero-order chi connectivity index (χ0) is 12.3. The highest BCUT2D eigenvalue weighted by molar-refractivity contribution is 5.49. The Hall–Kier alpha value is -1.09. The zero-order valence-corrected chi connectivity index (χ0v) is 10.6. The molecule has 1 fully saturated rings. The van der Waals surface area contributed by atoms with Crippen LogP contribution in [0.25, 0.3) is 0 Å². The molecule has 2 rings (SSSR count). The molecule has 1 aliphatic rings. The summed E-state index contributed by atoms with van der Waals surface area (Å²) in [5.41, 5.74) is 0.739. The van der Waals surface area contributed by atoms with Gasteiger partial charge in [0.05, 0.1) is 5.69 Å². The standard InChI is InChI=1S/C14H21FN2/c1-3-6-12-10-17(11(2)9-16-12)14-8-5-4-7-13(14)15/h4-5,7-8,11-12,16H,3,6,9-10H2,1-2H3. The van der Waals surface area contributed by atoms with Gasteiger partial charge in [-0.3, -0.25) is 0 Å². The predicted octanol–water partition coefficient (Wildman–Crippen LogP) is 2.79. The van der Waals surface area contributed by atoms with Gasteiger partial charge in [0.25, 0.3) is 0 Å². The Morgan fingerprint density at radius 1 is 1.41 bits per heavy atom. The van der Waals surface area contributed by atoms with Gasteiger partial charge in [-0.2, -0.15) is 0 Å². The Kier molecular flexibility index (Phi) is 4.00. The summed E-state index contributed by atoms with van der Waals surface area (Å²) in [4.78, 5) is 2.19. The first kappa shape index (κ1) is 12.4. The molecule has 17 heavy (non-hydrogen) atoms. The van der Waals surface area contributed by atoms with Crippen LogP contribution in [0.3, 0.4) is 0 Å². The van der Waals surface area contributed by atoms with Crippen molar-refractivity contribution >= 4 is 5.69 Å². The van der Waals surface area contributed by atoms with Gasteiger partial charge in [0.2, 0.25) is 0 Å². The molecule has 1 heterocycles. The molecule has 0 saturated carbocycles. The van der Waals surface area contributed by atoms with Gasteiger partial charge in [-0.15, -0.1) is 0 Å². The van der Waals surface area contributed by atoms with Crippen molar-refractivity contribution in [2.75, 3.05) is 18.0 Å². The molecule has 0 spiro atoms.